The molecule has 2 bridgehead atoms. The van der Waals surface area contributed by atoms with E-state index in [1.807, 2.05) is 17.9 Å². The highest BCUT2D eigenvalue weighted by Gasteiger charge is 2.42. The topological polar surface area (TPSA) is 66.9 Å². The molecule has 148 valence electrons. The van der Waals surface area contributed by atoms with Crippen LogP contribution in [-0.2, 0) is 19.6 Å². The summed E-state index contributed by atoms with van der Waals surface area (Å²) in [7, 11) is -3.53. The Morgan fingerprint density at radius 2 is 1.70 bits per heavy atom. The molecule has 2 heterocycles. The van der Waals surface area contributed by atoms with Crippen LogP contribution in [0.5, 0.6) is 0 Å². The molecule has 0 aromatic heterocycles. The number of hydrogen-bond acceptors (Lipinski definition) is 4. The van der Waals surface area contributed by atoms with E-state index in [0.717, 1.165) is 31.2 Å². The van der Waals surface area contributed by atoms with Gasteiger partial charge in [0.05, 0.1) is 17.1 Å². The molecule has 2 aliphatic heterocycles. The van der Waals surface area contributed by atoms with Crippen LogP contribution >= 0.6 is 0 Å². The summed E-state index contributed by atoms with van der Waals surface area (Å²) >= 11 is 0. The second-order valence-corrected chi connectivity index (χ2v) is 10.0. The van der Waals surface area contributed by atoms with Gasteiger partial charge in [-0.3, -0.25) is 4.79 Å². The summed E-state index contributed by atoms with van der Waals surface area (Å²) in [5.41, 5.74) is 0.925. The summed E-state index contributed by atoms with van der Waals surface area (Å²) in [6.07, 6.45) is 4.98. The second-order valence-electron chi connectivity index (χ2n) is 8.10. The number of benzene rings is 1. The van der Waals surface area contributed by atoms with Gasteiger partial charge in [0.2, 0.25) is 15.9 Å². The minimum absolute atomic E-state index is 0.143. The zero-order valence-corrected chi connectivity index (χ0v) is 16.7. The molecule has 7 heteroatoms. The summed E-state index contributed by atoms with van der Waals surface area (Å²) in [5.74, 6) is 0.382. The van der Waals surface area contributed by atoms with E-state index in [4.69, 9.17) is 4.74 Å². The minimum Gasteiger partial charge on any atom is -0.369 e. The van der Waals surface area contributed by atoms with Crippen LogP contribution in [0.15, 0.2) is 29.2 Å². The number of ether oxygens (including phenoxy) is 1. The molecule has 1 aromatic carbocycles. The van der Waals surface area contributed by atoms with E-state index in [1.54, 1.807) is 18.2 Å². The Kier molecular flexibility index (Phi) is 5.27. The molecular weight excluding hydrogens is 364 g/mol. The van der Waals surface area contributed by atoms with E-state index in [-0.39, 0.29) is 24.0 Å². The molecule has 1 aliphatic carbocycles. The summed E-state index contributed by atoms with van der Waals surface area (Å²) in [6.45, 7) is 3.49. The van der Waals surface area contributed by atoms with Gasteiger partial charge < -0.3 is 9.64 Å². The molecule has 0 N–H and O–H groups in total. The van der Waals surface area contributed by atoms with Gasteiger partial charge in [0.25, 0.3) is 0 Å². The first-order valence-corrected chi connectivity index (χ1v) is 11.4. The number of sulfonamides is 1. The minimum atomic E-state index is -3.53. The van der Waals surface area contributed by atoms with Gasteiger partial charge in [-0.1, -0.05) is 31.4 Å². The first-order chi connectivity index (χ1) is 12.9. The van der Waals surface area contributed by atoms with Crippen LogP contribution in [0.1, 0.15) is 37.7 Å². The summed E-state index contributed by atoms with van der Waals surface area (Å²) in [6, 6.07) is 7.02. The van der Waals surface area contributed by atoms with Crippen LogP contribution in [0.2, 0.25) is 0 Å². The van der Waals surface area contributed by atoms with Gasteiger partial charge in [-0.15, -0.1) is 0 Å². The summed E-state index contributed by atoms with van der Waals surface area (Å²) in [5, 5.41) is 0. The van der Waals surface area contributed by atoms with Crippen LogP contribution in [-0.4, -0.2) is 61.9 Å². The lowest BCUT2D eigenvalue weighted by Crippen LogP contribution is -2.62. The van der Waals surface area contributed by atoms with Crippen LogP contribution in [0.3, 0.4) is 0 Å². The Bertz CT molecular complexity index is 790. The average Bonchev–Trinajstić information content (AvgIpc) is 2.67. The molecule has 3 aliphatic rings. The van der Waals surface area contributed by atoms with Gasteiger partial charge in [-0.05, 0) is 37.5 Å². The van der Waals surface area contributed by atoms with E-state index in [1.165, 1.54) is 10.7 Å². The predicted molar refractivity (Wildman–Crippen MR) is 102 cm³/mol. The maximum absolute atomic E-state index is 13.0. The molecule has 6 nitrogen and oxygen atoms in total. The highest BCUT2D eigenvalue weighted by molar-refractivity contribution is 7.89. The van der Waals surface area contributed by atoms with Gasteiger partial charge in [-0.25, -0.2) is 8.42 Å². The SMILES string of the molecule is Cc1cccc(S(=O)(=O)N2CC3CN(C(=O)C4CCCCC4)CC(C2)O3)c1. The van der Waals surface area contributed by atoms with E-state index in [9.17, 15) is 13.2 Å². The zero-order chi connectivity index (χ0) is 19.0. The average molecular weight is 393 g/mol. The van der Waals surface area contributed by atoms with Gasteiger partial charge in [0.15, 0.2) is 0 Å². The lowest BCUT2D eigenvalue weighted by Gasteiger charge is -2.46. The number of carbonyl (C=O) groups excluding carboxylic acids is 1. The first kappa shape index (κ1) is 18.9. The number of carbonyl (C=O) groups is 1. The fourth-order valence-corrected chi connectivity index (χ4v) is 6.17. The van der Waals surface area contributed by atoms with E-state index >= 15 is 0 Å². The maximum atomic E-state index is 13.0. The standard InChI is InChI=1S/C20H28N2O4S/c1-15-6-5-9-19(10-15)27(24,25)22-13-17-11-21(12-18(14-22)26-17)20(23)16-7-3-2-4-8-16/h5-6,9-10,16-18H,2-4,7-8,11-14H2,1H3. The molecule has 2 unspecified atom stereocenters. The van der Waals surface area contributed by atoms with Crippen molar-refractivity contribution in [3.63, 3.8) is 0 Å². The Hall–Kier alpha value is -1.44. The van der Waals surface area contributed by atoms with Crippen LogP contribution in [0.25, 0.3) is 0 Å². The molecule has 2 saturated heterocycles. The smallest absolute Gasteiger partial charge is 0.243 e. The fourth-order valence-electron chi connectivity index (χ4n) is 4.56. The van der Waals surface area contributed by atoms with Crippen LogP contribution in [0, 0.1) is 12.8 Å². The largest absolute Gasteiger partial charge is 0.369 e. The third-order valence-electron chi connectivity index (χ3n) is 5.94. The number of amides is 1. The molecule has 27 heavy (non-hydrogen) atoms. The number of morpholine rings is 2. The van der Waals surface area contributed by atoms with Gasteiger partial charge >= 0.3 is 0 Å². The quantitative estimate of drug-likeness (QED) is 0.791. The van der Waals surface area contributed by atoms with Crippen molar-refractivity contribution in [1.29, 1.82) is 0 Å². The Morgan fingerprint density at radius 1 is 1.04 bits per heavy atom. The van der Waals surface area contributed by atoms with Crippen molar-refractivity contribution >= 4 is 15.9 Å². The lowest BCUT2D eigenvalue weighted by atomic mass is 9.88. The Balaban J connectivity index is 1.45. The molecule has 0 radical (unpaired) electrons. The molecule has 3 fully saturated rings. The molecule has 1 amide bonds. The summed E-state index contributed by atoms with van der Waals surface area (Å²) < 4.78 is 33.6. The maximum Gasteiger partial charge on any atom is 0.243 e. The highest BCUT2D eigenvalue weighted by Crippen LogP contribution is 2.29. The van der Waals surface area contributed by atoms with Crippen molar-refractivity contribution in [3.8, 4) is 0 Å². The zero-order valence-electron chi connectivity index (χ0n) is 15.8. The van der Waals surface area contributed by atoms with Crippen LogP contribution < -0.4 is 0 Å². The number of aryl methyl sites for hydroxylation is 1. The number of hydrogen-bond donors (Lipinski definition) is 0. The first-order valence-electron chi connectivity index (χ1n) is 9.94. The van der Waals surface area contributed by atoms with Crippen molar-refractivity contribution < 1.29 is 17.9 Å². The highest BCUT2D eigenvalue weighted by atomic mass is 32.2. The molecule has 2 atom stereocenters. The Morgan fingerprint density at radius 3 is 2.33 bits per heavy atom. The molecule has 0 spiro atoms. The summed E-state index contributed by atoms with van der Waals surface area (Å²) in [4.78, 5) is 15.1. The van der Waals surface area contributed by atoms with E-state index in [2.05, 4.69) is 0 Å². The van der Waals surface area contributed by atoms with E-state index < -0.39 is 10.0 Å². The Labute approximate surface area is 161 Å². The lowest BCUT2D eigenvalue weighted by molar-refractivity contribution is -0.159. The third-order valence-corrected chi connectivity index (χ3v) is 7.77. The van der Waals surface area contributed by atoms with Crippen molar-refractivity contribution in [2.24, 2.45) is 5.92 Å². The molecule has 1 aromatic rings. The van der Waals surface area contributed by atoms with Crippen molar-refractivity contribution in [2.45, 2.75) is 56.1 Å². The third kappa shape index (κ3) is 3.91. The number of rotatable bonds is 3. The van der Waals surface area contributed by atoms with E-state index in [0.29, 0.717) is 31.1 Å². The van der Waals surface area contributed by atoms with Crippen LogP contribution in [0.4, 0.5) is 0 Å². The molecular formula is C20H28N2O4S. The molecule has 4 rings (SSSR count). The molecule has 1 saturated carbocycles. The second kappa shape index (κ2) is 7.53. The van der Waals surface area contributed by atoms with Crippen molar-refractivity contribution in [1.82, 2.24) is 9.21 Å². The fraction of sp³-hybridized carbons (Fsp3) is 0.650. The van der Waals surface area contributed by atoms with Gasteiger partial charge in [-0.2, -0.15) is 4.31 Å². The number of nitrogens with zero attached hydrogens (tertiary/aromatic N) is 2. The van der Waals surface area contributed by atoms with Crippen molar-refractivity contribution in [3.05, 3.63) is 29.8 Å². The van der Waals surface area contributed by atoms with Gasteiger partial charge in [0, 0.05) is 32.1 Å². The normalized spacial score (nSPS) is 27.5. The monoisotopic (exact) mass is 392 g/mol. The number of fused-ring (bicyclic) bond motifs is 2. The van der Waals surface area contributed by atoms with Crippen molar-refractivity contribution in [2.75, 3.05) is 26.2 Å². The van der Waals surface area contributed by atoms with Gasteiger partial charge in [0.1, 0.15) is 0 Å². The predicted octanol–water partition coefficient (Wildman–Crippen LogP) is 2.18.